The van der Waals surface area contributed by atoms with E-state index < -0.39 is 0 Å². The molecule has 0 unspecified atom stereocenters. The third-order valence-corrected chi connectivity index (χ3v) is 3.63. The van der Waals surface area contributed by atoms with Gasteiger partial charge < -0.3 is 5.32 Å². The van der Waals surface area contributed by atoms with Gasteiger partial charge in [-0.05, 0) is 38.7 Å². The maximum atomic E-state index is 4.61. The molecule has 0 aromatic carbocycles. The van der Waals surface area contributed by atoms with E-state index >= 15 is 0 Å². The van der Waals surface area contributed by atoms with Crippen LogP contribution in [0.2, 0.25) is 0 Å². The van der Waals surface area contributed by atoms with Crippen LogP contribution in [-0.4, -0.2) is 22.4 Å². The van der Waals surface area contributed by atoms with Gasteiger partial charge in [-0.15, -0.1) is 0 Å². The third-order valence-electron chi connectivity index (χ3n) is 3.63. The molecule has 1 rings (SSSR count). The summed E-state index contributed by atoms with van der Waals surface area (Å²) in [7, 11) is 0. The fourth-order valence-corrected chi connectivity index (χ4v) is 2.42. The number of rotatable bonds is 7. The standard InChI is InChI=1S/C14H27N3/c1-6-13(7-2)15-9-10-17-12(5)14(8-3)11(4)16-17/h13,15H,6-10H2,1-5H3. The van der Waals surface area contributed by atoms with E-state index in [1.54, 1.807) is 0 Å². The summed E-state index contributed by atoms with van der Waals surface area (Å²) >= 11 is 0. The number of nitrogens with one attached hydrogen (secondary N) is 1. The van der Waals surface area contributed by atoms with Crippen LogP contribution in [0.4, 0.5) is 0 Å². The predicted molar refractivity (Wildman–Crippen MR) is 73.5 cm³/mol. The maximum Gasteiger partial charge on any atom is 0.0628 e. The van der Waals surface area contributed by atoms with E-state index in [0.717, 1.165) is 19.5 Å². The Bertz CT molecular complexity index is 337. The van der Waals surface area contributed by atoms with Gasteiger partial charge >= 0.3 is 0 Å². The van der Waals surface area contributed by atoms with Gasteiger partial charge in [-0.2, -0.15) is 5.10 Å². The lowest BCUT2D eigenvalue weighted by atomic mass is 10.1. The molecule has 0 radical (unpaired) electrons. The Morgan fingerprint density at radius 3 is 2.29 bits per heavy atom. The van der Waals surface area contributed by atoms with Crippen LogP contribution in [0.1, 0.15) is 50.6 Å². The summed E-state index contributed by atoms with van der Waals surface area (Å²) in [4.78, 5) is 0. The van der Waals surface area contributed by atoms with E-state index in [4.69, 9.17) is 0 Å². The summed E-state index contributed by atoms with van der Waals surface area (Å²) in [6.45, 7) is 12.9. The van der Waals surface area contributed by atoms with Crippen molar-refractivity contribution in [2.75, 3.05) is 6.54 Å². The lowest BCUT2D eigenvalue weighted by Gasteiger charge is -2.14. The van der Waals surface area contributed by atoms with Crippen LogP contribution in [0.3, 0.4) is 0 Å². The maximum absolute atomic E-state index is 4.61. The monoisotopic (exact) mass is 237 g/mol. The molecule has 3 heteroatoms. The first-order chi connectivity index (χ1) is 8.13. The van der Waals surface area contributed by atoms with Crippen molar-refractivity contribution < 1.29 is 0 Å². The zero-order valence-corrected chi connectivity index (χ0v) is 12.0. The van der Waals surface area contributed by atoms with Crippen LogP contribution in [-0.2, 0) is 13.0 Å². The summed E-state index contributed by atoms with van der Waals surface area (Å²) in [6.07, 6.45) is 3.49. The zero-order chi connectivity index (χ0) is 12.8. The van der Waals surface area contributed by atoms with Gasteiger partial charge in [0.25, 0.3) is 0 Å². The quantitative estimate of drug-likeness (QED) is 0.790. The molecule has 0 atom stereocenters. The van der Waals surface area contributed by atoms with Crippen molar-refractivity contribution in [1.29, 1.82) is 0 Å². The van der Waals surface area contributed by atoms with Crippen LogP contribution in [0.5, 0.6) is 0 Å². The lowest BCUT2D eigenvalue weighted by molar-refractivity contribution is 0.451. The van der Waals surface area contributed by atoms with E-state index in [-0.39, 0.29) is 0 Å². The van der Waals surface area contributed by atoms with E-state index in [1.807, 2.05) is 0 Å². The van der Waals surface area contributed by atoms with Crippen molar-refractivity contribution in [2.45, 2.75) is 66.5 Å². The Morgan fingerprint density at radius 1 is 1.18 bits per heavy atom. The number of nitrogens with zero attached hydrogens (tertiary/aromatic N) is 2. The van der Waals surface area contributed by atoms with E-state index in [0.29, 0.717) is 6.04 Å². The van der Waals surface area contributed by atoms with Crippen molar-refractivity contribution in [3.63, 3.8) is 0 Å². The second-order valence-electron chi connectivity index (χ2n) is 4.69. The second kappa shape index (κ2) is 6.80. The van der Waals surface area contributed by atoms with Crippen molar-refractivity contribution in [2.24, 2.45) is 0 Å². The van der Waals surface area contributed by atoms with Crippen LogP contribution in [0, 0.1) is 13.8 Å². The highest BCUT2D eigenvalue weighted by Crippen LogP contribution is 2.13. The van der Waals surface area contributed by atoms with Crippen molar-refractivity contribution in [1.82, 2.24) is 15.1 Å². The Balaban J connectivity index is 2.52. The highest BCUT2D eigenvalue weighted by atomic mass is 15.3. The minimum atomic E-state index is 0.651. The number of aryl methyl sites for hydroxylation is 1. The van der Waals surface area contributed by atoms with Gasteiger partial charge in [-0.3, -0.25) is 4.68 Å². The van der Waals surface area contributed by atoms with Gasteiger partial charge in [-0.1, -0.05) is 20.8 Å². The molecule has 0 aliphatic carbocycles. The summed E-state index contributed by atoms with van der Waals surface area (Å²) in [5.74, 6) is 0. The highest BCUT2D eigenvalue weighted by Gasteiger charge is 2.09. The summed E-state index contributed by atoms with van der Waals surface area (Å²) in [5, 5.41) is 8.19. The predicted octanol–water partition coefficient (Wildman–Crippen LogP) is 2.84. The molecule has 3 nitrogen and oxygen atoms in total. The normalized spacial score (nSPS) is 11.4. The molecular formula is C14H27N3. The minimum absolute atomic E-state index is 0.651. The molecule has 0 aliphatic heterocycles. The van der Waals surface area contributed by atoms with E-state index in [1.165, 1.54) is 29.8 Å². The van der Waals surface area contributed by atoms with Gasteiger partial charge in [0.2, 0.25) is 0 Å². The minimum Gasteiger partial charge on any atom is -0.312 e. The summed E-state index contributed by atoms with van der Waals surface area (Å²) in [6, 6.07) is 0.651. The Kier molecular flexibility index (Phi) is 5.69. The van der Waals surface area contributed by atoms with Gasteiger partial charge in [0.1, 0.15) is 0 Å². The molecule has 98 valence electrons. The largest absolute Gasteiger partial charge is 0.312 e. The molecule has 1 N–H and O–H groups in total. The molecular weight excluding hydrogens is 210 g/mol. The first kappa shape index (κ1) is 14.2. The van der Waals surface area contributed by atoms with Crippen LogP contribution in [0.15, 0.2) is 0 Å². The smallest absolute Gasteiger partial charge is 0.0628 e. The molecule has 1 heterocycles. The van der Waals surface area contributed by atoms with Crippen molar-refractivity contribution in [3.05, 3.63) is 17.0 Å². The molecule has 17 heavy (non-hydrogen) atoms. The number of hydrogen-bond acceptors (Lipinski definition) is 2. The Hall–Kier alpha value is -0.830. The SMILES string of the molecule is CCc1c(C)nn(CCNC(CC)CC)c1C. The average molecular weight is 237 g/mol. The van der Waals surface area contributed by atoms with Gasteiger partial charge in [0, 0.05) is 18.3 Å². The molecule has 0 amide bonds. The van der Waals surface area contributed by atoms with E-state index in [2.05, 4.69) is 49.7 Å². The van der Waals surface area contributed by atoms with Gasteiger partial charge in [0.05, 0.1) is 12.2 Å². The van der Waals surface area contributed by atoms with Gasteiger partial charge in [-0.25, -0.2) is 0 Å². The Labute approximate surface area is 106 Å². The van der Waals surface area contributed by atoms with Gasteiger partial charge in [0.15, 0.2) is 0 Å². The molecule has 0 saturated carbocycles. The third kappa shape index (κ3) is 3.56. The molecule has 0 fully saturated rings. The van der Waals surface area contributed by atoms with E-state index in [9.17, 15) is 0 Å². The average Bonchev–Trinajstić information content (AvgIpc) is 2.60. The highest BCUT2D eigenvalue weighted by molar-refractivity contribution is 5.24. The fourth-order valence-electron chi connectivity index (χ4n) is 2.42. The number of aromatic nitrogens is 2. The molecule has 0 saturated heterocycles. The molecule has 0 spiro atoms. The second-order valence-corrected chi connectivity index (χ2v) is 4.69. The topological polar surface area (TPSA) is 29.9 Å². The Morgan fingerprint density at radius 2 is 1.82 bits per heavy atom. The van der Waals surface area contributed by atoms with Crippen molar-refractivity contribution >= 4 is 0 Å². The first-order valence-electron chi connectivity index (χ1n) is 6.90. The lowest BCUT2D eigenvalue weighted by Crippen LogP contribution is -2.31. The number of hydrogen-bond donors (Lipinski definition) is 1. The summed E-state index contributed by atoms with van der Waals surface area (Å²) < 4.78 is 2.14. The molecule has 1 aromatic rings. The molecule has 1 aromatic heterocycles. The van der Waals surface area contributed by atoms with Crippen LogP contribution >= 0.6 is 0 Å². The first-order valence-corrected chi connectivity index (χ1v) is 6.90. The van der Waals surface area contributed by atoms with Crippen LogP contribution in [0.25, 0.3) is 0 Å². The fraction of sp³-hybridized carbons (Fsp3) is 0.786. The van der Waals surface area contributed by atoms with Crippen molar-refractivity contribution in [3.8, 4) is 0 Å². The zero-order valence-electron chi connectivity index (χ0n) is 12.0. The molecule has 0 aliphatic rings. The molecule has 0 bridgehead atoms. The van der Waals surface area contributed by atoms with Crippen LogP contribution < -0.4 is 5.32 Å². The summed E-state index contributed by atoms with van der Waals surface area (Å²) in [5.41, 5.74) is 3.93.